The van der Waals surface area contributed by atoms with Crippen LogP contribution in [0.15, 0.2) is 48.5 Å². The molecule has 0 saturated carbocycles. The van der Waals surface area contributed by atoms with E-state index in [1.54, 1.807) is 6.92 Å². The first kappa shape index (κ1) is 11.2. The molecule has 1 heterocycles. The lowest BCUT2D eigenvalue weighted by molar-refractivity contribution is 0.196. The van der Waals surface area contributed by atoms with Crippen LogP contribution in [0.1, 0.15) is 12.5 Å². The summed E-state index contributed by atoms with van der Waals surface area (Å²) in [4.78, 5) is 4.72. The van der Waals surface area contributed by atoms with Gasteiger partial charge in [0.25, 0.3) is 0 Å². The zero-order valence-electron chi connectivity index (χ0n) is 10.3. The van der Waals surface area contributed by atoms with Gasteiger partial charge in [-0.05, 0) is 24.6 Å². The maximum atomic E-state index is 9.55. The summed E-state index contributed by atoms with van der Waals surface area (Å²) in [6.07, 6.45) is 0.298. The number of pyridine rings is 1. The van der Waals surface area contributed by atoms with Crippen molar-refractivity contribution in [3.05, 3.63) is 54.1 Å². The zero-order chi connectivity index (χ0) is 12.5. The van der Waals surface area contributed by atoms with E-state index in [2.05, 4.69) is 18.2 Å². The Kier molecular flexibility index (Phi) is 2.73. The van der Waals surface area contributed by atoms with E-state index < -0.39 is 0 Å². The SMILES string of the molecule is CC(O)Cc1cccc2cc3ccccc3nc12. The molecule has 90 valence electrons. The average Bonchev–Trinajstić information content (AvgIpc) is 2.36. The van der Waals surface area contributed by atoms with E-state index in [0.29, 0.717) is 6.42 Å². The Morgan fingerprint density at radius 2 is 1.83 bits per heavy atom. The van der Waals surface area contributed by atoms with Gasteiger partial charge in [-0.25, -0.2) is 4.98 Å². The molecule has 2 aromatic carbocycles. The van der Waals surface area contributed by atoms with E-state index in [-0.39, 0.29) is 6.10 Å². The van der Waals surface area contributed by atoms with Crippen LogP contribution in [0.25, 0.3) is 21.8 Å². The molecule has 2 nitrogen and oxygen atoms in total. The fourth-order valence-electron chi connectivity index (χ4n) is 2.35. The van der Waals surface area contributed by atoms with Crippen LogP contribution in [-0.2, 0) is 6.42 Å². The van der Waals surface area contributed by atoms with Crippen LogP contribution in [-0.4, -0.2) is 16.2 Å². The van der Waals surface area contributed by atoms with Crippen LogP contribution in [0, 0.1) is 0 Å². The monoisotopic (exact) mass is 237 g/mol. The van der Waals surface area contributed by atoms with Gasteiger partial charge < -0.3 is 5.11 Å². The molecule has 2 heteroatoms. The molecular formula is C16H15NO. The van der Waals surface area contributed by atoms with Crippen molar-refractivity contribution in [1.29, 1.82) is 0 Å². The average molecular weight is 237 g/mol. The molecule has 1 atom stereocenters. The topological polar surface area (TPSA) is 33.1 Å². The fourth-order valence-corrected chi connectivity index (χ4v) is 2.35. The molecule has 1 N–H and O–H groups in total. The highest BCUT2D eigenvalue weighted by Crippen LogP contribution is 2.23. The summed E-state index contributed by atoms with van der Waals surface area (Å²) in [5.41, 5.74) is 3.10. The molecule has 0 aliphatic rings. The van der Waals surface area contributed by atoms with E-state index in [0.717, 1.165) is 27.4 Å². The predicted molar refractivity (Wildman–Crippen MR) is 74.6 cm³/mol. The van der Waals surface area contributed by atoms with E-state index in [1.807, 2.05) is 30.3 Å². The number of para-hydroxylation sites is 2. The van der Waals surface area contributed by atoms with Gasteiger partial charge in [-0.1, -0.05) is 36.4 Å². The Labute approximate surface area is 106 Å². The van der Waals surface area contributed by atoms with Crippen molar-refractivity contribution in [3.63, 3.8) is 0 Å². The van der Waals surface area contributed by atoms with Crippen molar-refractivity contribution in [1.82, 2.24) is 4.98 Å². The van der Waals surface area contributed by atoms with Crippen molar-refractivity contribution in [2.75, 3.05) is 0 Å². The minimum atomic E-state index is -0.344. The van der Waals surface area contributed by atoms with E-state index in [1.165, 1.54) is 0 Å². The molecule has 0 aliphatic heterocycles. The largest absolute Gasteiger partial charge is 0.393 e. The highest BCUT2D eigenvalue weighted by atomic mass is 16.3. The van der Waals surface area contributed by atoms with Crippen molar-refractivity contribution < 1.29 is 5.11 Å². The lowest BCUT2D eigenvalue weighted by Crippen LogP contribution is -2.05. The summed E-state index contributed by atoms with van der Waals surface area (Å²) in [5, 5.41) is 11.8. The zero-order valence-corrected chi connectivity index (χ0v) is 10.3. The standard InChI is InChI=1S/C16H15NO/c1-11(18)9-13-6-4-7-14-10-12-5-2-3-8-15(12)17-16(13)14/h2-8,10-11,18H,9H2,1H3. The molecule has 1 unspecified atom stereocenters. The third kappa shape index (κ3) is 1.95. The first-order valence-electron chi connectivity index (χ1n) is 6.19. The Hall–Kier alpha value is -1.93. The first-order valence-corrected chi connectivity index (χ1v) is 6.19. The van der Waals surface area contributed by atoms with Crippen LogP contribution in [0.4, 0.5) is 0 Å². The Balaban J connectivity index is 2.29. The summed E-state index contributed by atoms with van der Waals surface area (Å²) < 4.78 is 0. The second-order valence-corrected chi connectivity index (χ2v) is 4.72. The van der Waals surface area contributed by atoms with Gasteiger partial charge in [-0.2, -0.15) is 0 Å². The number of aliphatic hydroxyl groups is 1. The second-order valence-electron chi connectivity index (χ2n) is 4.72. The van der Waals surface area contributed by atoms with Crippen LogP contribution >= 0.6 is 0 Å². The van der Waals surface area contributed by atoms with E-state index >= 15 is 0 Å². The van der Waals surface area contributed by atoms with E-state index in [4.69, 9.17) is 4.98 Å². The number of aliphatic hydroxyl groups excluding tert-OH is 1. The van der Waals surface area contributed by atoms with Gasteiger partial charge in [0, 0.05) is 17.2 Å². The molecule has 0 bridgehead atoms. The third-order valence-electron chi connectivity index (χ3n) is 3.15. The van der Waals surface area contributed by atoms with Crippen LogP contribution < -0.4 is 0 Å². The maximum absolute atomic E-state index is 9.55. The number of nitrogens with zero attached hydrogens (tertiary/aromatic N) is 1. The molecule has 3 aromatic rings. The van der Waals surface area contributed by atoms with Crippen LogP contribution in [0.2, 0.25) is 0 Å². The number of rotatable bonds is 2. The number of fused-ring (bicyclic) bond motifs is 2. The molecule has 0 radical (unpaired) electrons. The van der Waals surface area contributed by atoms with Gasteiger partial charge in [0.05, 0.1) is 17.1 Å². The van der Waals surface area contributed by atoms with Gasteiger partial charge in [0.1, 0.15) is 0 Å². The van der Waals surface area contributed by atoms with Gasteiger partial charge in [0.2, 0.25) is 0 Å². The number of benzene rings is 2. The van der Waals surface area contributed by atoms with Gasteiger partial charge in [-0.15, -0.1) is 0 Å². The maximum Gasteiger partial charge on any atom is 0.0742 e. The minimum Gasteiger partial charge on any atom is -0.393 e. The van der Waals surface area contributed by atoms with Gasteiger partial charge in [-0.3, -0.25) is 0 Å². The summed E-state index contributed by atoms with van der Waals surface area (Å²) in [5.74, 6) is 0. The quantitative estimate of drug-likeness (QED) is 0.694. The predicted octanol–water partition coefficient (Wildman–Crippen LogP) is 3.31. The molecule has 1 aromatic heterocycles. The van der Waals surface area contributed by atoms with Crippen molar-refractivity contribution in [2.45, 2.75) is 19.4 Å². The fraction of sp³-hybridized carbons (Fsp3) is 0.188. The molecule has 0 aliphatic carbocycles. The summed E-state index contributed by atoms with van der Waals surface area (Å²) in [6, 6.07) is 16.4. The van der Waals surface area contributed by atoms with Crippen LogP contribution in [0.3, 0.4) is 0 Å². The third-order valence-corrected chi connectivity index (χ3v) is 3.15. The highest BCUT2D eigenvalue weighted by molar-refractivity contribution is 5.94. The molecule has 0 fully saturated rings. The molecule has 0 saturated heterocycles. The Morgan fingerprint density at radius 1 is 1.06 bits per heavy atom. The second kappa shape index (κ2) is 4.39. The van der Waals surface area contributed by atoms with Crippen molar-refractivity contribution in [2.24, 2.45) is 0 Å². The number of aromatic nitrogens is 1. The van der Waals surface area contributed by atoms with Crippen molar-refractivity contribution >= 4 is 21.8 Å². The van der Waals surface area contributed by atoms with Crippen LogP contribution in [0.5, 0.6) is 0 Å². The van der Waals surface area contributed by atoms with E-state index in [9.17, 15) is 5.11 Å². The number of hydrogen-bond donors (Lipinski definition) is 1. The molecular weight excluding hydrogens is 222 g/mol. The first-order chi connectivity index (χ1) is 8.74. The summed E-state index contributed by atoms with van der Waals surface area (Å²) >= 11 is 0. The molecule has 18 heavy (non-hydrogen) atoms. The normalized spacial score (nSPS) is 13.0. The molecule has 3 rings (SSSR count). The number of hydrogen-bond acceptors (Lipinski definition) is 2. The van der Waals surface area contributed by atoms with Gasteiger partial charge in [0.15, 0.2) is 0 Å². The lowest BCUT2D eigenvalue weighted by atomic mass is 10.0. The van der Waals surface area contributed by atoms with Crippen molar-refractivity contribution in [3.8, 4) is 0 Å². The highest BCUT2D eigenvalue weighted by Gasteiger charge is 2.06. The summed E-state index contributed by atoms with van der Waals surface area (Å²) in [7, 11) is 0. The summed E-state index contributed by atoms with van der Waals surface area (Å²) in [6.45, 7) is 1.81. The lowest BCUT2D eigenvalue weighted by Gasteiger charge is -2.09. The molecule has 0 spiro atoms. The molecule has 0 amide bonds. The Morgan fingerprint density at radius 3 is 2.67 bits per heavy atom. The Bertz CT molecular complexity index is 704. The van der Waals surface area contributed by atoms with Gasteiger partial charge >= 0.3 is 0 Å². The smallest absolute Gasteiger partial charge is 0.0742 e. The minimum absolute atomic E-state index is 0.344.